The number of pyridine rings is 1. The summed E-state index contributed by atoms with van der Waals surface area (Å²) in [6.45, 7) is 0.293. The molecule has 6 heteroatoms. The number of nitrogens with one attached hydrogen (secondary N) is 1. The van der Waals surface area contributed by atoms with Crippen molar-refractivity contribution in [1.29, 1.82) is 0 Å². The Bertz CT molecular complexity index is 419. The van der Waals surface area contributed by atoms with E-state index in [4.69, 9.17) is 0 Å². The van der Waals surface area contributed by atoms with Gasteiger partial charge in [-0.15, -0.1) is 0 Å². The second-order valence-electron chi connectivity index (χ2n) is 4.92. The molecule has 1 N–H and O–H groups in total. The van der Waals surface area contributed by atoms with Crippen molar-refractivity contribution < 1.29 is 17.6 Å². The highest BCUT2D eigenvalue weighted by molar-refractivity contribution is 5.45. The molecule has 0 unspecified atom stereocenters. The molecular weight excluding hydrogens is 260 g/mol. The number of aromatic nitrogens is 1. The summed E-state index contributed by atoms with van der Waals surface area (Å²) < 4.78 is 52.3. The number of hydrogen-bond acceptors (Lipinski definition) is 2. The molecule has 1 aliphatic rings. The normalized spacial score (nSPS) is 16.6. The van der Waals surface area contributed by atoms with E-state index in [0.29, 0.717) is 12.5 Å². The minimum absolute atomic E-state index is 0.293. The van der Waals surface area contributed by atoms with Gasteiger partial charge in [-0.05, 0) is 12.3 Å². The summed E-state index contributed by atoms with van der Waals surface area (Å²) >= 11 is 0. The van der Waals surface area contributed by atoms with Crippen molar-refractivity contribution in [3.63, 3.8) is 0 Å². The first kappa shape index (κ1) is 14.1. The fraction of sp³-hybridized carbons (Fsp3) is 0.615. The first-order valence-corrected chi connectivity index (χ1v) is 6.53. The van der Waals surface area contributed by atoms with Gasteiger partial charge in [-0.3, -0.25) is 0 Å². The lowest BCUT2D eigenvalue weighted by molar-refractivity contribution is 0.345. The van der Waals surface area contributed by atoms with Crippen molar-refractivity contribution in [3.8, 4) is 0 Å². The van der Waals surface area contributed by atoms with Crippen molar-refractivity contribution in [2.75, 3.05) is 11.9 Å². The SMILES string of the molecule is Fc1nc(F)c(F)c(NCCC2CCCCC2)c1F. The van der Waals surface area contributed by atoms with Crippen LogP contribution in [0.2, 0.25) is 0 Å². The Hall–Kier alpha value is -1.33. The van der Waals surface area contributed by atoms with Gasteiger partial charge in [0.05, 0.1) is 0 Å². The minimum Gasteiger partial charge on any atom is -0.380 e. The molecule has 0 aliphatic heterocycles. The Morgan fingerprint density at radius 2 is 1.53 bits per heavy atom. The van der Waals surface area contributed by atoms with E-state index in [0.717, 1.165) is 19.3 Å². The molecule has 0 atom stereocenters. The molecule has 19 heavy (non-hydrogen) atoms. The Kier molecular flexibility index (Phi) is 4.61. The van der Waals surface area contributed by atoms with Crippen molar-refractivity contribution in [2.45, 2.75) is 38.5 Å². The van der Waals surface area contributed by atoms with E-state index in [1.807, 2.05) is 0 Å². The quantitative estimate of drug-likeness (QED) is 0.663. The molecule has 106 valence electrons. The highest BCUT2D eigenvalue weighted by Gasteiger charge is 2.21. The molecule has 0 saturated heterocycles. The van der Waals surface area contributed by atoms with Crippen LogP contribution < -0.4 is 5.32 Å². The summed E-state index contributed by atoms with van der Waals surface area (Å²) in [5.74, 6) is -5.67. The van der Waals surface area contributed by atoms with Gasteiger partial charge in [0.25, 0.3) is 11.9 Å². The van der Waals surface area contributed by atoms with E-state index in [9.17, 15) is 17.6 Å². The fourth-order valence-corrected chi connectivity index (χ4v) is 2.52. The summed E-state index contributed by atoms with van der Waals surface area (Å²) in [5.41, 5.74) is -0.763. The third-order valence-electron chi connectivity index (χ3n) is 3.58. The first-order chi connectivity index (χ1) is 9.09. The second-order valence-corrected chi connectivity index (χ2v) is 4.92. The van der Waals surface area contributed by atoms with Crippen LogP contribution in [0.5, 0.6) is 0 Å². The summed E-state index contributed by atoms with van der Waals surface area (Å²) in [6.07, 6.45) is 6.52. The van der Waals surface area contributed by atoms with Gasteiger partial charge >= 0.3 is 0 Å². The predicted molar refractivity (Wildman–Crippen MR) is 63.8 cm³/mol. The molecule has 1 saturated carbocycles. The summed E-state index contributed by atoms with van der Waals surface area (Å²) in [4.78, 5) is 2.51. The number of hydrogen-bond donors (Lipinski definition) is 1. The van der Waals surface area contributed by atoms with Gasteiger partial charge in [-0.2, -0.15) is 22.5 Å². The maximum Gasteiger partial charge on any atom is 0.253 e. The molecule has 2 rings (SSSR count). The summed E-state index contributed by atoms with van der Waals surface area (Å²) in [5, 5.41) is 2.44. The molecule has 0 aromatic carbocycles. The van der Waals surface area contributed by atoms with Crippen LogP contribution >= 0.6 is 0 Å². The van der Waals surface area contributed by atoms with E-state index < -0.39 is 29.2 Å². The average molecular weight is 276 g/mol. The highest BCUT2D eigenvalue weighted by atomic mass is 19.2. The van der Waals surface area contributed by atoms with Crippen molar-refractivity contribution in [3.05, 3.63) is 23.5 Å². The summed E-state index contributed by atoms with van der Waals surface area (Å²) in [6, 6.07) is 0. The van der Waals surface area contributed by atoms with E-state index in [-0.39, 0.29) is 0 Å². The van der Waals surface area contributed by atoms with Gasteiger partial charge in [-0.1, -0.05) is 32.1 Å². The molecule has 0 bridgehead atoms. The van der Waals surface area contributed by atoms with Crippen LogP contribution in [0.3, 0.4) is 0 Å². The number of rotatable bonds is 4. The average Bonchev–Trinajstić information content (AvgIpc) is 2.42. The number of nitrogens with zero attached hydrogens (tertiary/aromatic N) is 1. The van der Waals surface area contributed by atoms with Crippen molar-refractivity contribution in [2.24, 2.45) is 5.92 Å². The number of halogens is 4. The lowest BCUT2D eigenvalue weighted by Crippen LogP contribution is -2.15. The summed E-state index contributed by atoms with van der Waals surface area (Å²) in [7, 11) is 0. The van der Waals surface area contributed by atoms with E-state index >= 15 is 0 Å². The lowest BCUT2D eigenvalue weighted by Gasteiger charge is -2.21. The zero-order valence-corrected chi connectivity index (χ0v) is 10.5. The van der Waals surface area contributed by atoms with Gasteiger partial charge < -0.3 is 5.32 Å². The second kappa shape index (κ2) is 6.21. The Morgan fingerprint density at radius 1 is 0.947 bits per heavy atom. The lowest BCUT2D eigenvalue weighted by atomic mass is 9.87. The van der Waals surface area contributed by atoms with Crippen LogP contribution in [0.25, 0.3) is 0 Å². The van der Waals surface area contributed by atoms with Crippen molar-refractivity contribution >= 4 is 5.69 Å². The van der Waals surface area contributed by atoms with Crippen LogP contribution in [-0.4, -0.2) is 11.5 Å². The van der Waals surface area contributed by atoms with Crippen molar-refractivity contribution in [1.82, 2.24) is 4.98 Å². The molecule has 1 heterocycles. The molecule has 1 fully saturated rings. The largest absolute Gasteiger partial charge is 0.380 e. The third kappa shape index (κ3) is 3.36. The molecule has 1 aliphatic carbocycles. The molecule has 0 radical (unpaired) electrons. The first-order valence-electron chi connectivity index (χ1n) is 6.53. The Balaban J connectivity index is 1.95. The highest BCUT2D eigenvalue weighted by Crippen LogP contribution is 2.27. The molecule has 1 aromatic heterocycles. The molecule has 0 spiro atoms. The van der Waals surface area contributed by atoms with Crippen LogP contribution in [0, 0.1) is 29.4 Å². The molecular formula is C13H16F4N2. The van der Waals surface area contributed by atoms with Gasteiger partial charge in [0.1, 0.15) is 5.69 Å². The number of anilines is 1. The van der Waals surface area contributed by atoms with Crippen LogP contribution in [-0.2, 0) is 0 Å². The zero-order valence-electron chi connectivity index (χ0n) is 10.5. The van der Waals surface area contributed by atoms with Crippen LogP contribution in [0.4, 0.5) is 23.2 Å². The molecule has 2 nitrogen and oxygen atoms in total. The Labute approximate surface area is 109 Å². The van der Waals surface area contributed by atoms with Gasteiger partial charge in [0.2, 0.25) is 11.6 Å². The standard InChI is InChI=1S/C13H16F4N2/c14-9-11(10(15)13(17)19-12(9)16)18-7-6-8-4-2-1-3-5-8/h8H,1-7H2,(H,18,19). The van der Waals surface area contributed by atoms with Gasteiger partial charge in [0, 0.05) is 6.54 Å². The van der Waals surface area contributed by atoms with E-state index in [1.165, 1.54) is 19.3 Å². The monoisotopic (exact) mass is 276 g/mol. The van der Waals surface area contributed by atoms with E-state index in [2.05, 4.69) is 10.3 Å². The third-order valence-corrected chi connectivity index (χ3v) is 3.58. The fourth-order valence-electron chi connectivity index (χ4n) is 2.52. The van der Waals surface area contributed by atoms with Gasteiger partial charge in [-0.25, -0.2) is 0 Å². The Morgan fingerprint density at radius 3 is 2.11 bits per heavy atom. The minimum atomic E-state index is -1.63. The zero-order chi connectivity index (χ0) is 13.8. The van der Waals surface area contributed by atoms with Crippen LogP contribution in [0.1, 0.15) is 38.5 Å². The molecule has 1 aromatic rings. The van der Waals surface area contributed by atoms with E-state index in [1.54, 1.807) is 0 Å². The topological polar surface area (TPSA) is 24.9 Å². The van der Waals surface area contributed by atoms with Gasteiger partial charge in [0.15, 0.2) is 0 Å². The molecule has 0 amide bonds. The smallest absolute Gasteiger partial charge is 0.253 e. The van der Waals surface area contributed by atoms with Crippen LogP contribution in [0.15, 0.2) is 0 Å². The predicted octanol–water partition coefficient (Wildman–Crippen LogP) is 4.02. The maximum absolute atomic E-state index is 13.3. The maximum atomic E-state index is 13.3.